The predicted octanol–water partition coefficient (Wildman–Crippen LogP) is -0.252. The van der Waals surface area contributed by atoms with Crippen molar-refractivity contribution >= 4 is 30.7 Å². The van der Waals surface area contributed by atoms with Gasteiger partial charge in [-0.1, -0.05) is 0 Å². The van der Waals surface area contributed by atoms with Crippen LogP contribution in [-0.2, 0) is 11.3 Å². The second-order valence-electron chi connectivity index (χ2n) is 4.15. The largest absolute Gasteiger partial charge is 0.353 e. The van der Waals surface area contributed by atoms with Crippen LogP contribution >= 0.6 is 24.8 Å². The monoisotopic (exact) mass is 309 g/mol. The average molecular weight is 310 g/mol. The first-order valence-electron chi connectivity index (χ1n) is 6.02. The summed E-state index contributed by atoms with van der Waals surface area (Å²) < 4.78 is 1.63. The third kappa shape index (κ3) is 6.77. The highest BCUT2D eigenvalue weighted by Crippen LogP contribution is 1.90. The van der Waals surface area contributed by atoms with E-state index in [4.69, 9.17) is 0 Å². The zero-order valence-corrected chi connectivity index (χ0v) is 12.4. The van der Waals surface area contributed by atoms with Crippen LogP contribution in [0.5, 0.6) is 0 Å². The minimum Gasteiger partial charge on any atom is -0.353 e. The third-order valence-corrected chi connectivity index (χ3v) is 2.82. The van der Waals surface area contributed by atoms with Crippen LogP contribution in [-0.4, -0.2) is 59.9 Å². The van der Waals surface area contributed by atoms with Gasteiger partial charge >= 0.3 is 0 Å². The Hall–Kier alpha value is -0.820. The molecular formula is C11H21Cl2N5O. The van der Waals surface area contributed by atoms with E-state index in [0.717, 1.165) is 32.7 Å². The molecule has 0 atom stereocenters. The highest BCUT2D eigenvalue weighted by atomic mass is 35.5. The minimum atomic E-state index is 0. The van der Waals surface area contributed by atoms with Gasteiger partial charge in [-0.2, -0.15) is 5.10 Å². The van der Waals surface area contributed by atoms with E-state index in [1.54, 1.807) is 17.1 Å². The van der Waals surface area contributed by atoms with E-state index in [1.807, 2.05) is 6.07 Å². The fraction of sp³-hybridized carbons (Fsp3) is 0.636. The average Bonchev–Trinajstić information content (AvgIpc) is 2.83. The first-order chi connectivity index (χ1) is 8.34. The Bertz CT molecular complexity index is 341. The van der Waals surface area contributed by atoms with Gasteiger partial charge in [0, 0.05) is 51.7 Å². The number of nitrogens with zero attached hydrogens (tertiary/aromatic N) is 3. The summed E-state index contributed by atoms with van der Waals surface area (Å²) in [5.74, 6) is 0.0174. The molecule has 1 fully saturated rings. The van der Waals surface area contributed by atoms with Crippen LogP contribution < -0.4 is 10.6 Å². The lowest BCUT2D eigenvalue weighted by molar-refractivity contribution is -0.121. The molecule has 1 aliphatic rings. The zero-order valence-electron chi connectivity index (χ0n) is 10.7. The zero-order chi connectivity index (χ0) is 11.9. The number of amides is 1. The molecular weight excluding hydrogens is 289 g/mol. The number of halogens is 2. The first-order valence-corrected chi connectivity index (χ1v) is 6.02. The summed E-state index contributed by atoms with van der Waals surface area (Å²) in [7, 11) is 0. The second-order valence-corrected chi connectivity index (χ2v) is 4.15. The van der Waals surface area contributed by atoms with Gasteiger partial charge < -0.3 is 10.6 Å². The normalized spacial score (nSPS) is 15.2. The molecule has 19 heavy (non-hydrogen) atoms. The maximum atomic E-state index is 11.5. The molecule has 1 aromatic heterocycles. The highest BCUT2D eigenvalue weighted by molar-refractivity contribution is 5.85. The molecule has 0 radical (unpaired) electrons. The lowest BCUT2D eigenvalue weighted by Gasteiger charge is -2.27. The van der Waals surface area contributed by atoms with Crippen molar-refractivity contribution in [1.82, 2.24) is 25.3 Å². The molecule has 0 unspecified atom stereocenters. The summed E-state index contributed by atoms with van der Waals surface area (Å²) in [6.07, 6.45) is 3.46. The predicted molar refractivity (Wildman–Crippen MR) is 79.0 cm³/mol. The molecule has 0 spiro atoms. The Morgan fingerprint density at radius 2 is 2.05 bits per heavy atom. The van der Waals surface area contributed by atoms with E-state index in [-0.39, 0.29) is 30.7 Å². The number of carbonyl (C=O) groups excluding carboxylic acids is 1. The standard InChI is InChI=1S/C11H19N5O.2ClH/c17-11(10-16-6-1-2-14-16)13-5-9-15-7-3-12-4-8-15;;/h1-2,6,12H,3-5,7-10H2,(H,13,17);2*1H. The summed E-state index contributed by atoms with van der Waals surface area (Å²) in [4.78, 5) is 13.9. The Kier molecular flexibility index (Phi) is 9.59. The van der Waals surface area contributed by atoms with Crippen molar-refractivity contribution in [2.45, 2.75) is 6.54 Å². The summed E-state index contributed by atoms with van der Waals surface area (Å²) in [6, 6.07) is 1.81. The van der Waals surface area contributed by atoms with Crippen LogP contribution in [0, 0.1) is 0 Å². The van der Waals surface area contributed by atoms with E-state index in [1.165, 1.54) is 0 Å². The molecule has 0 aromatic carbocycles. The maximum absolute atomic E-state index is 11.5. The molecule has 2 heterocycles. The van der Waals surface area contributed by atoms with Gasteiger partial charge in [0.25, 0.3) is 0 Å². The molecule has 6 nitrogen and oxygen atoms in total. The molecule has 0 bridgehead atoms. The van der Waals surface area contributed by atoms with Crippen LogP contribution in [0.3, 0.4) is 0 Å². The van der Waals surface area contributed by atoms with Crippen molar-refractivity contribution in [1.29, 1.82) is 0 Å². The molecule has 1 aliphatic heterocycles. The molecule has 0 aliphatic carbocycles. The number of carbonyl (C=O) groups is 1. The van der Waals surface area contributed by atoms with Crippen molar-refractivity contribution in [3.63, 3.8) is 0 Å². The van der Waals surface area contributed by atoms with Crippen LogP contribution in [0.15, 0.2) is 18.5 Å². The Morgan fingerprint density at radius 3 is 2.68 bits per heavy atom. The number of aromatic nitrogens is 2. The number of hydrogen-bond donors (Lipinski definition) is 2. The van der Waals surface area contributed by atoms with E-state index >= 15 is 0 Å². The van der Waals surface area contributed by atoms with Crippen molar-refractivity contribution < 1.29 is 4.79 Å². The number of nitrogens with one attached hydrogen (secondary N) is 2. The van der Waals surface area contributed by atoms with Crippen molar-refractivity contribution in [2.75, 3.05) is 39.3 Å². The molecule has 8 heteroatoms. The number of piperazine rings is 1. The van der Waals surface area contributed by atoms with Crippen LogP contribution in [0.25, 0.3) is 0 Å². The molecule has 2 rings (SSSR count). The lowest BCUT2D eigenvalue weighted by Crippen LogP contribution is -2.46. The van der Waals surface area contributed by atoms with Crippen molar-refractivity contribution in [3.05, 3.63) is 18.5 Å². The van der Waals surface area contributed by atoms with Gasteiger partial charge in [-0.15, -0.1) is 24.8 Å². The highest BCUT2D eigenvalue weighted by Gasteiger charge is 2.09. The molecule has 1 aromatic rings. The van der Waals surface area contributed by atoms with Crippen LogP contribution in [0.1, 0.15) is 0 Å². The van der Waals surface area contributed by atoms with Gasteiger partial charge in [0.15, 0.2) is 0 Å². The summed E-state index contributed by atoms with van der Waals surface area (Å²) in [5.41, 5.74) is 0. The van der Waals surface area contributed by atoms with E-state index in [9.17, 15) is 4.79 Å². The van der Waals surface area contributed by atoms with Crippen LogP contribution in [0.4, 0.5) is 0 Å². The van der Waals surface area contributed by atoms with Gasteiger partial charge in [0.05, 0.1) is 0 Å². The molecule has 110 valence electrons. The second kappa shape index (κ2) is 10.0. The quantitative estimate of drug-likeness (QED) is 0.787. The smallest absolute Gasteiger partial charge is 0.241 e. The molecule has 1 amide bonds. The lowest BCUT2D eigenvalue weighted by atomic mass is 10.3. The van der Waals surface area contributed by atoms with E-state index in [2.05, 4.69) is 20.6 Å². The number of rotatable bonds is 5. The third-order valence-electron chi connectivity index (χ3n) is 2.82. The van der Waals surface area contributed by atoms with Gasteiger partial charge in [-0.3, -0.25) is 14.4 Å². The SMILES string of the molecule is Cl.Cl.O=C(Cn1cccn1)NCCN1CCNCC1. The molecule has 2 N–H and O–H groups in total. The van der Waals surface area contributed by atoms with Crippen molar-refractivity contribution in [3.8, 4) is 0 Å². The summed E-state index contributed by atoms with van der Waals surface area (Å²) in [5, 5.41) is 10.2. The summed E-state index contributed by atoms with van der Waals surface area (Å²) >= 11 is 0. The van der Waals surface area contributed by atoms with Gasteiger partial charge in [0.2, 0.25) is 5.91 Å². The van der Waals surface area contributed by atoms with Gasteiger partial charge in [-0.25, -0.2) is 0 Å². The van der Waals surface area contributed by atoms with E-state index in [0.29, 0.717) is 13.1 Å². The molecule has 1 saturated heterocycles. The van der Waals surface area contributed by atoms with Crippen molar-refractivity contribution in [2.24, 2.45) is 0 Å². The number of hydrogen-bond acceptors (Lipinski definition) is 4. The Morgan fingerprint density at radius 1 is 1.32 bits per heavy atom. The summed E-state index contributed by atoms with van der Waals surface area (Å²) in [6.45, 7) is 6.15. The molecule has 0 saturated carbocycles. The fourth-order valence-corrected chi connectivity index (χ4v) is 1.89. The van der Waals surface area contributed by atoms with Gasteiger partial charge in [-0.05, 0) is 6.07 Å². The maximum Gasteiger partial charge on any atom is 0.241 e. The topological polar surface area (TPSA) is 62.2 Å². The van der Waals surface area contributed by atoms with Crippen LogP contribution in [0.2, 0.25) is 0 Å². The minimum absolute atomic E-state index is 0. The first kappa shape index (κ1) is 18.2. The Balaban J connectivity index is 0.00000162. The van der Waals surface area contributed by atoms with Gasteiger partial charge in [0.1, 0.15) is 6.54 Å². The Labute approximate surface area is 125 Å². The fourth-order valence-electron chi connectivity index (χ4n) is 1.89. The van der Waals surface area contributed by atoms with E-state index < -0.39 is 0 Å².